The molecule has 92 valence electrons. The van der Waals surface area contributed by atoms with Gasteiger partial charge in [0.05, 0.1) is 6.42 Å². The van der Waals surface area contributed by atoms with Crippen LogP contribution in [0.2, 0.25) is 0 Å². The average molecular weight is 300 g/mol. The van der Waals surface area contributed by atoms with Crippen molar-refractivity contribution < 1.29 is 9.18 Å². The molecule has 4 heteroatoms. The summed E-state index contributed by atoms with van der Waals surface area (Å²) in [6.07, 6.45) is 4.86. The predicted molar refractivity (Wildman–Crippen MR) is 68.2 cm³/mol. The molecule has 0 radical (unpaired) electrons. The minimum Gasteiger partial charge on any atom is -0.353 e. The third-order valence-electron chi connectivity index (χ3n) is 3.09. The van der Waals surface area contributed by atoms with Crippen LogP contribution in [0, 0.1) is 5.82 Å². The van der Waals surface area contributed by atoms with Crippen molar-refractivity contribution in [3.05, 3.63) is 34.1 Å². The predicted octanol–water partition coefficient (Wildman–Crippen LogP) is 3.19. The van der Waals surface area contributed by atoms with Gasteiger partial charge >= 0.3 is 0 Å². The zero-order valence-electron chi connectivity index (χ0n) is 9.51. The Morgan fingerprint density at radius 3 is 2.76 bits per heavy atom. The van der Waals surface area contributed by atoms with Crippen molar-refractivity contribution in [1.29, 1.82) is 0 Å². The number of hydrogen-bond acceptors (Lipinski definition) is 1. The van der Waals surface area contributed by atoms with E-state index in [4.69, 9.17) is 0 Å². The highest BCUT2D eigenvalue weighted by Crippen LogP contribution is 2.20. The van der Waals surface area contributed by atoms with Gasteiger partial charge in [-0.25, -0.2) is 4.39 Å². The van der Waals surface area contributed by atoms with Gasteiger partial charge in [0.1, 0.15) is 5.82 Å². The summed E-state index contributed by atoms with van der Waals surface area (Å²) >= 11 is 3.27. The Balaban J connectivity index is 1.93. The molecule has 17 heavy (non-hydrogen) atoms. The van der Waals surface area contributed by atoms with Gasteiger partial charge in [-0.1, -0.05) is 34.8 Å². The average Bonchev–Trinajstić information content (AvgIpc) is 2.75. The minimum absolute atomic E-state index is 0.0178. The second-order valence-corrected chi connectivity index (χ2v) is 5.32. The number of amides is 1. The molecule has 0 spiro atoms. The maximum atomic E-state index is 12.9. The van der Waals surface area contributed by atoms with E-state index in [1.807, 2.05) is 0 Å². The molecule has 0 atom stereocenters. The largest absolute Gasteiger partial charge is 0.353 e. The normalized spacial score (nSPS) is 16.1. The van der Waals surface area contributed by atoms with E-state index in [-0.39, 0.29) is 11.7 Å². The smallest absolute Gasteiger partial charge is 0.224 e. The summed E-state index contributed by atoms with van der Waals surface area (Å²) in [7, 11) is 0. The van der Waals surface area contributed by atoms with Crippen LogP contribution in [-0.2, 0) is 11.2 Å². The third kappa shape index (κ3) is 3.53. The van der Waals surface area contributed by atoms with Gasteiger partial charge in [-0.15, -0.1) is 0 Å². The third-order valence-corrected chi connectivity index (χ3v) is 3.82. The number of nitrogens with one attached hydrogen (secondary N) is 1. The summed E-state index contributed by atoms with van der Waals surface area (Å²) < 4.78 is 13.5. The van der Waals surface area contributed by atoms with Gasteiger partial charge < -0.3 is 5.32 Å². The van der Waals surface area contributed by atoms with Crippen molar-refractivity contribution in [2.45, 2.75) is 38.1 Å². The van der Waals surface area contributed by atoms with Gasteiger partial charge in [0.25, 0.3) is 0 Å². The van der Waals surface area contributed by atoms with Gasteiger partial charge in [-0.3, -0.25) is 4.79 Å². The molecule has 2 nitrogen and oxygen atoms in total. The molecular formula is C13H15BrFNO. The Morgan fingerprint density at radius 2 is 2.12 bits per heavy atom. The van der Waals surface area contributed by atoms with Crippen molar-refractivity contribution in [2.75, 3.05) is 0 Å². The summed E-state index contributed by atoms with van der Waals surface area (Å²) in [5.41, 5.74) is 0.821. The van der Waals surface area contributed by atoms with Gasteiger partial charge in [0.15, 0.2) is 0 Å². The van der Waals surface area contributed by atoms with Crippen LogP contribution < -0.4 is 5.32 Å². The molecule has 0 heterocycles. The van der Waals surface area contributed by atoms with E-state index in [9.17, 15) is 9.18 Å². The first-order valence-electron chi connectivity index (χ1n) is 5.88. The molecule has 1 amide bonds. The fraction of sp³-hybridized carbons (Fsp3) is 0.462. The molecule has 1 aliphatic carbocycles. The first-order valence-corrected chi connectivity index (χ1v) is 6.68. The Bertz CT molecular complexity index is 416. The molecular weight excluding hydrogens is 285 g/mol. The van der Waals surface area contributed by atoms with Crippen molar-refractivity contribution in [3.63, 3.8) is 0 Å². The van der Waals surface area contributed by atoms with Crippen LogP contribution in [-0.4, -0.2) is 11.9 Å². The lowest BCUT2D eigenvalue weighted by Gasteiger charge is -2.12. The lowest BCUT2D eigenvalue weighted by molar-refractivity contribution is -0.121. The SMILES string of the molecule is O=C(Cc1ccc(F)cc1Br)NC1CCCC1. The molecule has 1 fully saturated rings. The first-order chi connectivity index (χ1) is 8.15. The molecule has 1 aromatic rings. The Labute approximate surface area is 109 Å². The van der Waals surface area contributed by atoms with Crippen LogP contribution in [0.1, 0.15) is 31.2 Å². The monoisotopic (exact) mass is 299 g/mol. The van der Waals surface area contributed by atoms with E-state index in [2.05, 4.69) is 21.2 Å². The van der Waals surface area contributed by atoms with Crippen LogP contribution in [0.3, 0.4) is 0 Å². The molecule has 0 aromatic heterocycles. The Hall–Kier alpha value is -0.900. The van der Waals surface area contributed by atoms with Crippen LogP contribution in [0.15, 0.2) is 22.7 Å². The number of carbonyl (C=O) groups excluding carboxylic acids is 1. The Morgan fingerprint density at radius 1 is 1.41 bits per heavy atom. The van der Waals surface area contributed by atoms with E-state index in [1.54, 1.807) is 6.07 Å². The van der Waals surface area contributed by atoms with Gasteiger partial charge in [0.2, 0.25) is 5.91 Å². The fourth-order valence-corrected chi connectivity index (χ4v) is 2.68. The molecule has 0 bridgehead atoms. The highest BCUT2D eigenvalue weighted by molar-refractivity contribution is 9.10. The molecule has 1 saturated carbocycles. The van der Waals surface area contributed by atoms with Crippen molar-refractivity contribution in [2.24, 2.45) is 0 Å². The summed E-state index contributed by atoms with van der Waals surface area (Å²) in [4.78, 5) is 11.8. The maximum Gasteiger partial charge on any atom is 0.224 e. The molecule has 1 N–H and O–H groups in total. The molecule has 0 saturated heterocycles. The molecule has 0 unspecified atom stereocenters. The molecule has 1 aromatic carbocycles. The van der Waals surface area contributed by atoms with Crippen molar-refractivity contribution in [3.8, 4) is 0 Å². The lowest BCUT2D eigenvalue weighted by Crippen LogP contribution is -2.33. The Kier molecular flexibility index (Phi) is 4.15. The van der Waals surface area contributed by atoms with Crippen LogP contribution in [0.25, 0.3) is 0 Å². The molecule has 0 aliphatic heterocycles. The zero-order valence-corrected chi connectivity index (χ0v) is 11.1. The summed E-state index contributed by atoms with van der Waals surface area (Å²) in [5, 5.41) is 3.02. The molecule has 2 rings (SSSR count). The zero-order chi connectivity index (χ0) is 12.3. The van der Waals surface area contributed by atoms with E-state index in [0.717, 1.165) is 18.4 Å². The van der Waals surface area contributed by atoms with E-state index >= 15 is 0 Å². The summed E-state index contributed by atoms with van der Waals surface area (Å²) in [6, 6.07) is 4.75. The van der Waals surface area contributed by atoms with E-state index in [0.29, 0.717) is 16.9 Å². The van der Waals surface area contributed by atoms with Crippen molar-refractivity contribution >= 4 is 21.8 Å². The minimum atomic E-state index is -0.295. The van der Waals surface area contributed by atoms with Crippen molar-refractivity contribution in [1.82, 2.24) is 5.32 Å². The van der Waals surface area contributed by atoms with Gasteiger partial charge in [-0.05, 0) is 30.5 Å². The van der Waals surface area contributed by atoms with Crippen LogP contribution in [0.4, 0.5) is 4.39 Å². The number of hydrogen-bond donors (Lipinski definition) is 1. The highest BCUT2D eigenvalue weighted by atomic mass is 79.9. The number of benzene rings is 1. The van der Waals surface area contributed by atoms with Crippen LogP contribution >= 0.6 is 15.9 Å². The summed E-state index contributed by atoms with van der Waals surface area (Å²) in [6.45, 7) is 0. The van der Waals surface area contributed by atoms with Gasteiger partial charge in [-0.2, -0.15) is 0 Å². The summed E-state index contributed by atoms with van der Waals surface area (Å²) in [5.74, 6) is -0.277. The number of carbonyl (C=O) groups is 1. The van der Waals surface area contributed by atoms with Gasteiger partial charge in [0, 0.05) is 10.5 Å². The quantitative estimate of drug-likeness (QED) is 0.912. The first kappa shape index (κ1) is 12.6. The lowest BCUT2D eigenvalue weighted by atomic mass is 10.1. The fourth-order valence-electron chi connectivity index (χ4n) is 2.19. The molecule has 1 aliphatic rings. The van der Waals surface area contributed by atoms with E-state index < -0.39 is 0 Å². The van der Waals surface area contributed by atoms with E-state index in [1.165, 1.54) is 25.0 Å². The second kappa shape index (κ2) is 5.63. The topological polar surface area (TPSA) is 29.1 Å². The van der Waals surface area contributed by atoms with Crippen LogP contribution in [0.5, 0.6) is 0 Å². The number of halogens is 2. The maximum absolute atomic E-state index is 12.9. The number of rotatable bonds is 3. The second-order valence-electron chi connectivity index (χ2n) is 4.46. The highest BCUT2D eigenvalue weighted by Gasteiger charge is 2.17. The standard InChI is InChI=1S/C13H15BrFNO/c14-12-8-10(15)6-5-9(12)7-13(17)16-11-3-1-2-4-11/h5-6,8,11H,1-4,7H2,(H,16,17).